The van der Waals surface area contributed by atoms with Crippen molar-refractivity contribution in [2.45, 2.75) is 30.7 Å². The van der Waals surface area contributed by atoms with Crippen molar-refractivity contribution < 1.29 is 9.47 Å². The molecule has 0 aliphatic carbocycles. The number of aromatic nitrogens is 4. The van der Waals surface area contributed by atoms with Crippen molar-refractivity contribution in [1.29, 1.82) is 0 Å². The lowest BCUT2D eigenvalue weighted by molar-refractivity contribution is 0.414. The molecule has 0 saturated heterocycles. The molecule has 0 N–H and O–H groups in total. The predicted octanol–water partition coefficient (Wildman–Crippen LogP) is 5.82. The molecule has 0 aliphatic rings. The lowest BCUT2D eigenvalue weighted by Gasteiger charge is -2.11. The summed E-state index contributed by atoms with van der Waals surface area (Å²) in [5.74, 6) is 3.56. The highest BCUT2D eigenvalue weighted by Gasteiger charge is 2.17. The van der Waals surface area contributed by atoms with Crippen LogP contribution < -0.4 is 9.47 Å². The summed E-state index contributed by atoms with van der Waals surface area (Å²) in [6.07, 6.45) is 0. The highest BCUT2D eigenvalue weighted by molar-refractivity contribution is 7.98. The first-order chi connectivity index (χ1) is 15.1. The van der Waals surface area contributed by atoms with E-state index in [-0.39, 0.29) is 0 Å². The fourth-order valence-electron chi connectivity index (χ4n) is 3.05. The highest BCUT2D eigenvalue weighted by atomic mass is 32.2. The molecule has 0 atom stereocenters. The molecule has 0 bridgehead atoms. The van der Waals surface area contributed by atoms with Crippen molar-refractivity contribution in [2.75, 3.05) is 14.2 Å². The Bertz CT molecular complexity index is 1140. The van der Waals surface area contributed by atoms with Crippen LogP contribution in [0.3, 0.4) is 0 Å². The maximum absolute atomic E-state index is 5.32. The van der Waals surface area contributed by atoms with E-state index < -0.39 is 0 Å². The lowest BCUT2D eigenvalue weighted by Crippen LogP contribution is -2.00. The maximum atomic E-state index is 5.32. The van der Waals surface area contributed by atoms with Crippen LogP contribution in [-0.2, 0) is 5.75 Å². The number of rotatable bonds is 8. The van der Waals surface area contributed by atoms with Crippen LogP contribution in [0.25, 0.3) is 17.1 Å². The van der Waals surface area contributed by atoms with Gasteiger partial charge in [0.05, 0.1) is 24.9 Å². The van der Waals surface area contributed by atoms with Crippen LogP contribution in [0.4, 0.5) is 0 Å². The van der Waals surface area contributed by atoms with Crippen molar-refractivity contribution in [3.05, 3.63) is 64.6 Å². The summed E-state index contributed by atoms with van der Waals surface area (Å²) in [5, 5.41) is 13.1. The highest BCUT2D eigenvalue weighted by Crippen LogP contribution is 2.32. The van der Waals surface area contributed by atoms with E-state index in [0.717, 1.165) is 50.2 Å². The fourth-order valence-corrected chi connectivity index (χ4v) is 4.83. The second kappa shape index (κ2) is 9.53. The molecule has 0 unspecified atom stereocenters. The smallest absolute Gasteiger partial charge is 0.196 e. The largest absolute Gasteiger partial charge is 0.497 e. The normalized spacial score (nSPS) is 11.1. The first-order valence-corrected chi connectivity index (χ1v) is 11.8. The lowest BCUT2D eigenvalue weighted by atomic mass is 10.2. The summed E-state index contributed by atoms with van der Waals surface area (Å²) in [7, 11) is 3.32. The third kappa shape index (κ3) is 4.75. The van der Waals surface area contributed by atoms with Crippen molar-refractivity contribution >= 4 is 23.1 Å². The van der Waals surface area contributed by atoms with Gasteiger partial charge in [0.2, 0.25) is 0 Å². The van der Waals surface area contributed by atoms with E-state index in [4.69, 9.17) is 14.5 Å². The average Bonchev–Trinajstić information content (AvgIpc) is 3.45. The van der Waals surface area contributed by atoms with Crippen LogP contribution >= 0.6 is 23.1 Å². The summed E-state index contributed by atoms with van der Waals surface area (Å²) in [6.45, 7) is 4.33. The second-order valence-electron chi connectivity index (χ2n) is 7.19. The molecule has 0 amide bonds. The minimum absolute atomic E-state index is 0.438. The minimum atomic E-state index is 0.438. The van der Waals surface area contributed by atoms with Gasteiger partial charge in [-0.3, -0.25) is 4.57 Å². The number of nitrogens with zero attached hydrogens (tertiary/aromatic N) is 4. The van der Waals surface area contributed by atoms with Crippen LogP contribution in [0, 0.1) is 0 Å². The van der Waals surface area contributed by atoms with Gasteiger partial charge in [0.1, 0.15) is 11.5 Å². The molecule has 4 rings (SSSR count). The summed E-state index contributed by atoms with van der Waals surface area (Å²) < 4.78 is 12.7. The first-order valence-electron chi connectivity index (χ1n) is 9.90. The van der Waals surface area contributed by atoms with Crippen LogP contribution in [0.15, 0.2) is 59.1 Å². The first kappa shape index (κ1) is 21.4. The van der Waals surface area contributed by atoms with E-state index in [2.05, 4.69) is 34.0 Å². The molecule has 0 radical (unpaired) electrons. The topological polar surface area (TPSA) is 62.1 Å². The number of thiazole rings is 1. The van der Waals surface area contributed by atoms with E-state index in [1.165, 1.54) is 0 Å². The Kier molecular flexibility index (Phi) is 6.58. The Hall–Kier alpha value is -2.84. The molecule has 160 valence electrons. The minimum Gasteiger partial charge on any atom is -0.497 e. The molecule has 2 aromatic heterocycles. The number of ether oxygens (including phenoxy) is 2. The number of thioether (sulfide) groups is 1. The number of hydrogen-bond donors (Lipinski definition) is 0. The van der Waals surface area contributed by atoms with Gasteiger partial charge in [0.25, 0.3) is 0 Å². The van der Waals surface area contributed by atoms with Gasteiger partial charge in [-0.2, -0.15) is 0 Å². The Morgan fingerprint density at radius 2 is 1.58 bits per heavy atom. The van der Waals surface area contributed by atoms with E-state index in [0.29, 0.717) is 5.92 Å². The van der Waals surface area contributed by atoms with Crippen molar-refractivity contribution in [1.82, 2.24) is 19.7 Å². The summed E-state index contributed by atoms with van der Waals surface area (Å²) in [6, 6.07) is 15.8. The Balaban J connectivity index is 1.68. The molecule has 4 aromatic rings. The van der Waals surface area contributed by atoms with Gasteiger partial charge in [0, 0.05) is 28.3 Å². The molecule has 0 spiro atoms. The Labute approximate surface area is 190 Å². The Morgan fingerprint density at radius 1 is 0.935 bits per heavy atom. The van der Waals surface area contributed by atoms with Gasteiger partial charge >= 0.3 is 0 Å². The van der Waals surface area contributed by atoms with E-state index in [1.807, 2.05) is 48.5 Å². The molecule has 31 heavy (non-hydrogen) atoms. The fraction of sp³-hybridized carbons (Fsp3) is 0.261. The molecular formula is C23H24N4O2S2. The van der Waals surface area contributed by atoms with E-state index in [1.54, 1.807) is 37.3 Å². The van der Waals surface area contributed by atoms with E-state index in [9.17, 15) is 0 Å². The van der Waals surface area contributed by atoms with Gasteiger partial charge in [0.15, 0.2) is 11.0 Å². The Morgan fingerprint density at radius 3 is 2.16 bits per heavy atom. The summed E-state index contributed by atoms with van der Waals surface area (Å²) in [5.41, 5.74) is 3.00. The predicted molar refractivity (Wildman–Crippen MR) is 126 cm³/mol. The zero-order valence-electron chi connectivity index (χ0n) is 17.9. The van der Waals surface area contributed by atoms with Crippen LogP contribution in [-0.4, -0.2) is 34.0 Å². The second-order valence-corrected chi connectivity index (χ2v) is 9.02. The quantitative estimate of drug-likeness (QED) is 0.314. The van der Waals surface area contributed by atoms with Crippen molar-refractivity contribution in [3.63, 3.8) is 0 Å². The molecule has 0 saturated carbocycles. The monoisotopic (exact) mass is 452 g/mol. The van der Waals surface area contributed by atoms with Gasteiger partial charge in [-0.15, -0.1) is 21.5 Å². The van der Waals surface area contributed by atoms with Gasteiger partial charge < -0.3 is 9.47 Å². The maximum Gasteiger partial charge on any atom is 0.196 e. The van der Waals surface area contributed by atoms with Crippen molar-refractivity contribution in [2.24, 2.45) is 0 Å². The average molecular weight is 453 g/mol. The molecule has 2 aromatic carbocycles. The van der Waals surface area contributed by atoms with Crippen LogP contribution in [0.5, 0.6) is 11.5 Å². The molecule has 8 heteroatoms. The third-order valence-electron chi connectivity index (χ3n) is 4.72. The van der Waals surface area contributed by atoms with Crippen LogP contribution in [0.2, 0.25) is 0 Å². The number of benzene rings is 2. The molecule has 0 fully saturated rings. The molecule has 0 aliphatic heterocycles. The standard InChI is InChI=1S/C23H24N4O2S2/c1-15(2)22-24-17(13-30-22)14-31-23-26-25-21(16-5-9-19(28-3)10-6-16)27(23)18-7-11-20(29-4)12-8-18/h5-13,15H,14H2,1-4H3. The molecule has 6 nitrogen and oxygen atoms in total. The van der Waals surface area contributed by atoms with Crippen LogP contribution in [0.1, 0.15) is 30.5 Å². The summed E-state index contributed by atoms with van der Waals surface area (Å²) in [4.78, 5) is 4.74. The zero-order chi connectivity index (χ0) is 21.8. The molecular weight excluding hydrogens is 428 g/mol. The van der Waals surface area contributed by atoms with Gasteiger partial charge in [-0.05, 0) is 48.5 Å². The van der Waals surface area contributed by atoms with Gasteiger partial charge in [-0.25, -0.2) is 4.98 Å². The SMILES string of the molecule is COc1ccc(-c2nnc(SCc3csc(C(C)C)n3)n2-c2ccc(OC)cc2)cc1. The zero-order valence-corrected chi connectivity index (χ0v) is 19.5. The number of methoxy groups -OCH3 is 2. The summed E-state index contributed by atoms with van der Waals surface area (Å²) >= 11 is 3.34. The molecule has 2 heterocycles. The van der Waals surface area contributed by atoms with E-state index >= 15 is 0 Å². The number of hydrogen-bond acceptors (Lipinski definition) is 7. The van der Waals surface area contributed by atoms with Crippen molar-refractivity contribution in [3.8, 4) is 28.6 Å². The third-order valence-corrected chi connectivity index (χ3v) is 6.88. The van der Waals surface area contributed by atoms with Gasteiger partial charge in [-0.1, -0.05) is 25.6 Å².